The molecule has 0 amide bonds. The van der Waals surface area contributed by atoms with Crippen LogP contribution in [0.5, 0.6) is 0 Å². The Labute approximate surface area is 99.6 Å². The number of hydrogen-bond acceptors (Lipinski definition) is 0. The summed E-state index contributed by atoms with van der Waals surface area (Å²) in [6.45, 7) is 0. The molecule has 11 heavy (non-hydrogen) atoms. The van der Waals surface area contributed by atoms with Crippen LogP contribution < -0.4 is 0 Å². The van der Waals surface area contributed by atoms with Gasteiger partial charge in [0.2, 0.25) is 0 Å². The summed E-state index contributed by atoms with van der Waals surface area (Å²) in [5.74, 6) is -5.90. The van der Waals surface area contributed by atoms with Gasteiger partial charge in [0.1, 0.15) is 0 Å². The normalized spacial score (nSPS) is 13.1. The van der Waals surface area contributed by atoms with Crippen molar-refractivity contribution in [2.45, 2.75) is 18.5 Å². The van der Waals surface area contributed by atoms with Crippen LogP contribution in [0.4, 0.5) is 30.7 Å². The van der Waals surface area contributed by atoms with Crippen LogP contribution in [0.1, 0.15) is 0 Å². The van der Waals surface area contributed by atoms with Crippen molar-refractivity contribution >= 4 is 51.4 Å². The first kappa shape index (κ1) is 14.7. The second-order valence-corrected chi connectivity index (χ2v) is 1.42. The van der Waals surface area contributed by atoms with E-state index in [4.69, 9.17) is 0 Å². The van der Waals surface area contributed by atoms with Gasteiger partial charge >= 0.3 is 69.9 Å². The molecule has 0 aromatic heterocycles. The average Bonchev–Trinajstić information content (AvgIpc) is 1.62. The molecule has 0 aliphatic heterocycles. The Morgan fingerprint density at radius 3 is 1.09 bits per heavy atom. The van der Waals surface area contributed by atoms with E-state index >= 15 is 0 Å². The minimum absolute atomic E-state index is 0. The molecule has 0 N–H and O–H groups in total. The molecule has 0 saturated heterocycles. The summed E-state index contributed by atoms with van der Waals surface area (Å²) in [5, 5.41) is 0. The summed E-state index contributed by atoms with van der Waals surface area (Å²) in [7, 11) is 0. The zero-order chi connectivity index (χ0) is 8.58. The second-order valence-electron chi connectivity index (χ2n) is 1.42. The van der Waals surface area contributed by atoms with Gasteiger partial charge in [-0.05, 0) is 0 Å². The van der Waals surface area contributed by atoms with Gasteiger partial charge in [-0.15, -0.1) is 0 Å². The van der Waals surface area contributed by atoms with Crippen LogP contribution >= 0.6 is 0 Å². The predicted molar refractivity (Wildman–Crippen MR) is 24.2 cm³/mol. The van der Waals surface area contributed by atoms with Gasteiger partial charge in [0.05, 0.1) is 0 Å². The van der Waals surface area contributed by atoms with Crippen LogP contribution in [0.15, 0.2) is 0 Å². The van der Waals surface area contributed by atoms with Gasteiger partial charge in [0.25, 0.3) is 0 Å². The minimum atomic E-state index is -6.17. The van der Waals surface area contributed by atoms with Gasteiger partial charge in [0, 0.05) is 0 Å². The van der Waals surface area contributed by atoms with E-state index in [0.29, 0.717) is 0 Å². The average molecular weight is 210 g/mol. The first-order valence-electron chi connectivity index (χ1n) is 1.92. The molecule has 0 rings (SSSR count). The van der Waals surface area contributed by atoms with Crippen LogP contribution in [-0.4, -0.2) is 69.9 Å². The third-order valence-electron chi connectivity index (χ3n) is 0.652. The molecular weight excluding hydrogens is 208 g/mol. The van der Waals surface area contributed by atoms with Crippen molar-refractivity contribution in [1.29, 1.82) is 0 Å². The third kappa shape index (κ3) is 3.58. The number of rotatable bonds is 1. The van der Waals surface area contributed by atoms with E-state index in [1.807, 2.05) is 0 Å². The molecule has 0 atom stereocenters. The summed E-state index contributed by atoms with van der Waals surface area (Å²) >= 11 is 0. The van der Waals surface area contributed by atoms with Crippen molar-refractivity contribution in [3.05, 3.63) is 0 Å². The Hall–Kier alpha value is 1.15. The molecule has 0 fully saturated rings. The molecule has 0 spiro atoms. The van der Waals surface area contributed by atoms with E-state index in [1.165, 1.54) is 0 Å². The van der Waals surface area contributed by atoms with Crippen LogP contribution in [-0.2, 0) is 0 Å². The van der Waals surface area contributed by atoms with Gasteiger partial charge in [-0.2, -0.15) is 22.0 Å². The zero-order valence-corrected chi connectivity index (χ0v) is 4.22. The molecule has 0 unspecified atom stereocenters. The molecule has 64 valence electrons. The van der Waals surface area contributed by atoms with Gasteiger partial charge in [0.15, 0.2) is 0 Å². The first-order chi connectivity index (χ1) is 4.19. The quantitative estimate of drug-likeness (QED) is 0.457. The fourth-order valence-electron chi connectivity index (χ4n) is 0.124. The summed E-state index contributed by atoms with van der Waals surface area (Å²) in [5.41, 5.74) is 0. The molecule has 0 radical (unpaired) electrons. The molecule has 0 aromatic rings. The standard InChI is InChI=1S/C3HF7.K.H/c4-1(5)2(6,7)3(8,9)10;;/h1H;;. The van der Waals surface area contributed by atoms with Crippen molar-refractivity contribution in [3.63, 3.8) is 0 Å². The van der Waals surface area contributed by atoms with Gasteiger partial charge in [-0.25, -0.2) is 8.78 Å². The summed E-state index contributed by atoms with van der Waals surface area (Å²) in [4.78, 5) is 0. The molecule has 0 aliphatic rings. The van der Waals surface area contributed by atoms with Crippen LogP contribution in [0.2, 0.25) is 0 Å². The number of halogens is 7. The van der Waals surface area contributed by atoms with Gasteiger partial charge in [-0.3, -0.25) is 0 Å². The zero-order valence-electron chi connectivity index (χ0n) is 4.22. The number of hydrogen-bond donors (Lipinski definition) is 0. The van der Waals surface area contributed by atoms with E-state index in [-0.39, 0.29) is 51.4 Å². The van der Waals surface area contributed by atoms with Crippen molar-refractivity contribution in [2.24, 2.45) is 0 Å². The van der Waals surface area contributed by atoms with E-state index in [9.17, 15) is 30.7 Å². The van der Waals surface area contributed by atoms with E-state index in [1.54, 1.807) is 0 Å². The van der Waals surface area contributed by atoms with Crippen molar-refractivity contribution in [3.8, 4) is 0 Å². The Morgan fingerprint density at radius 1 is 0.818 bits per heavy atom. The van der Waals surface area contributed by atoms with Crippen molar-refractivity contribution in [2.75, 3.05) is 0 Å². The fraction of sp³-hybridized carbons (Fsp3) is 1.00. The predicted octanol–water partition coefficient (Wildman–Crippen LogP) is 1.80. The maximum atomic E-state index is 11.2. The molecule has 0 aromatic carbocycles. The van der Waals surface area contributed by atoms with Crippen LogP contribution in [0.25, 0.3) is 0 Å². The van der Waals surface area contributed by atoms with E-state index < -0.39 is 18.5 Å². The van der Waals surface area contributed by atoms with Crippen LogP contribution in [0, 0.1) is 0 Å². The Balaban J connectivity index is 0. The molecule has 8 heteroatoms. The SMILES string of the molecule is FC(F)C(F)(F)C(F)(F)F.[KH]. The second kappa shape index (κ2) is 4.40. The Bertz CT molecular complexity index is 115. The number of alkyl halides is 7. The molecule has 0 heterocycles. The molecule has 0 saturated carbocycles. The van der Waals surface area contributed by atoms with Gasteiger partial charge in [-0.1, -0.05) is 0 Å². The first-order valence-corrected chi connectivity index (χ1v) is 1.92. The monoisotopic (exact) mass is 210 g/mol. The summed E-state index contributed by atoms with van der Waals surface area (Å²) < 4.78 is 76.6. The molecule has 0 bridgehead atoms. The fourth-order valence-corrected chi connectivity index (χ4v) is 0.124. The van der Waals surface area contributed by atoms with E-state index in [2.05, 4.69) is 0 Å². The third-order valence-corrected chi connectivity index (χ3v) is 0.652. The maximum absolute atomic E-state index is 11.2. The molecule has 0 aliphatic carbocycles. The van der Waals surface area contributed by atoms with Crippen molar-refractivity contribution < 1.29 is 30.7 Å². The topological polar surface area (TPSA) is 0 Å². The molecule has 0 nitrogen and oxygen atoms in total. The molecular formula is C3H2F7K. The Morgan fingerprint density at radius 2 is 1.09 bits per heavy atom. The Kier molecular flexibility index (Phi) is 5.87. The summed E-state index contributed by atoms with van der Waals surface area (Å²) in [6.07, 6.45) is -10.9. The van der Waals surface area contributed by atoms with E-state index in [0.717, 1.165) is 0 Å². The summed E-state index contributed by atoms with van der Waals surface area (Å²) in [6, 6.07) is 0. The van der Waals surface area contributed by atoms with Crippen molar-refractivity contribution in [1.82, 2.24) is 0 Å². The van der Waals surface area contributed by atoms with Crippen LogP contribution in [0.3, 0.4) is 0 Å². The van der Waals surface area contributed by atoms with Gasteiger partial charge < -0.3 is 0 Å².